The number of nitrogens with zero attached hydrogens (tertiary/aromatic N) is 1. The number of cyclic esters (lactones) is 1. The molecule has 0 aromatic heterocycles. The highest BCUT2D eigenvalue weighted by molar-refractivity contribution is 6.22. The predicted molar refractivity (Wildman–Crippen MR) is 77.6 cm³/mol. The van der Waals surface area contributed by atoms with Crippen molar-refractivity contribution in [3.8, 4) is 11.1 Å². The first kappa shape index (κ1) is 11.8. The lowest BCUT2D eigenvalue weighted by Gasteiger charge is -2.01. The normalized spacial score (nSPS) is 17.0. The molecule has 100 valence electrons. The van der Waals surface area contributed by atoms with Gasteiger partial charge >= 0.3 is 5.97 Å². The van der Waals surface area contributed by atoms with Crippen molar-refractivity contribution < 1.29 is 14.3 Å². The summed E-state index contributed by atoms with van der Waals surface area (Å²) < 4.78 is 4.89. The summed E-state index contributed by atoms with van der Waals surface area (Å²) in [6, 6.07) is 12.9. The van der Waals surface area contributed by atoms with Crippen LogP contribution < -0.4 is 0 Å². The summed E-state index contributed by atoms with van der Waals surface area (Å²) in [7, 11) is 0. The van der Waals surface area contributed by atoms with Gasteiger partial charge in [-0.15, -0.1) is 0 Å². The van der Waals surface area contributed by atoms with Gasteiger partial charge in [0, 0.05) is 23.3 Å². The van der Waals surface area contributed by atoms with E-state index in [9.17, 15) is 9.59 Å². The molecule has 0 saturated carbocycles. The number of carbonyl (C=O) groups excluding carboxylic acids is 2. The lowest BCUT2D eigenvalue weighted by molar-refractivity contribution is -0.129. The minimum Gasteiger partial charge on any atom is -0.404 e. The number of ketones is 1. The van der Waals surface area contributed by atoms with Gasteiger partial charge in [-0.25, -0.2) is 9.79 Å². The second-order valence-corrected chi connectivity index (χ2v) is 4.81. The van der Waals surface area contributed by atoms with Gasteiger partial charge in [-0.3, -0.25) is 4.79 Å². The lowest BCUT2D eigenvalue weighted by atomic mass is 10.1. The molecule has 0 bridgehead atoms. The Morgan fingerprint density at radius 2 is 1.57 bits per heavy atom. The SMILES string of the molecule is O=C1C=CC(=Nc2ccc3c(c2)C(=O)c2ccccc2-3)O1. The topological polar surface area (TPSA) is 55.7 Å². The van der Waals surface area contributed by atoms with Crippen LogP contribution in [0, 0.1) is 0 Å². The van der Waals surface area contributed by atoms with Gasteiger partial charge in [-0.1, -0.05) is 30.3 Å². The van der Waals surface area contributed by atoms with E-state index in [0.717, 1.165) is 11.1 Å². The van der Waals surface area contributed by atoms with E-state index in [1.807, 2.05) is 30.3 Å². The van der Waals surface area contributed by atoms with Crippen molar-refractivity contribution in [3.05, 3.63) is 65.7 Å². The Balaban J connectivity index is 1.79. The Labute approximate surface area is 120 Å². The van der Waals surface area contributed by atoms with Crippen LogP contribution in [-0.4, -0.2) is 17.7 Å². The monoisotopic (exact) mass is 275 g/mol. The number of hydrogen-bond donors (Lipinski definition) is 0. The predicted octanol–water partition coefficient (Wildman–Crippen LogP) is 3.04. The van der Waals surface area contributed by atoms with E-state index in [0.29, 0.717) is 16.8 Å². The van der Waals surface area contributed by atoms with E-state index in [1.54, 1.807) is 12.1 Å². The molecule has 0 spiro atoms. The highest BCUT2D eigenvalue weighted by Gasteiger charge is 2.26. The number of fused-ring (bicyclic) bond motifs is 3. The molecule has 0 radical (unpaired) electrons. The van der Waals surface area contributed by atoms with Crippen LogP contribution in [0.25, 0.3) is 11.1 Å². The average molecular weight is 275 g/mol. The van der Waals surface area contributed by atoms with Crippen molar-refractivity contribution in [2.24, 2.45) is 4.99 Å². The minimum atomic E-state index is -0.432. The van der Waals surface area contributed by atoms with Crippen LogP contribution in [0.5, 0.6) is 0 Å². The van der Waals surface area contributed by atoms with E-state index in [-0.39, 0.29) is 11.7 Å². The second-order valence-electron chi connectivity index (χ2n) is 4.81. The van der Waals surface area contributed by atoms with E-state index in [2.05, 4.69) is 4.99 Å². The molecule has 21 heavy (non-hydrogen) atoms. The fraction of sp³-hybridized carbons (Fsp3) is 0. The van der Waals surface area contributed by atoms with Crippen LogP contribution in [0.1, 0.15) is 15.9 Å². The summed E-state index contributed by atoms with van der Waals surface area (Å²) in [5, 5.41) is 0. The molecule has 4 rings (SSSR count). The van der Waals surface area contributed by atoms with Crippen LogP contribution in [0.15, 0.2) is 59.6 Å². The largest absolute Gasteiger partial charge is 0.404 e. The molecule has 1 aliphatic heterocycles. The molecular weight excluding hydrogens is 266 g/mol. The molecule has 2 aromatic carbocycles. The van der Waals surface area contributed by atoms with Gasteiger partial charge in [0.2, 0.25) is 5.90 Å². The van der Waals surface area contributed by atoms with Gasteiger partial charge in [0.15, 0.2) is 5.78 Å². The molecule has 0 atom stereocenters. The average Bonchev–Trinajstić information content (AvgIpc) is 3.03. The fourth-order valence-corrected chi connectivity index (χ4v) is 2.58. The Morgan fingerprint density at radius 3 is 2.33 bits per heavy atom. The summed E-state index contributed by atoms with van der Waals surface area (Å²) in [4.78, 5) is 27.6. The number of esters is 1. The third kappa shape index (κ3) is 1.80. The lowest BCUT2D eigenvalue weighted by Crippen LogP contribution is -1.98. The zero-order valence-electron chi connectivity index (χ0n) is 10.9. The zero-order chi connectivity index (χ0) is 14.4. The molecule has 1 heterocycles. The highest BCUT2D eigenvalue weighted by Crippen LogP contribution is 2.38. The van der Waals surface area contributed by atoms with Crippen molar-refractivity contribution >= 4 is 23.3 Å². The van der Waals surface area contributed by atoms with Crippen LogP contribution in [0.2, 0.25) is 0 Å². The first-order valence-electron chi connectivity index (χ1n) is 6.49. The first-order chi connectivity index (χ1) is 10.2. The molecule has 1 aliphatic carbocycles. The van der Waals surface area contributed by atoms with Crippen molar-refractivity contribution in [1.29, 1.82) is 0 Å². The maximum atomic E-state index is 12.4. The van der Waals surface area contributed by atoms with Gasteiger partial charge in [0.05, 0.1) is 5.69 Å². The van der Waals surface area contributed by atoms with E-state index >= 15 is 0 Å². The highest BCUT2D eigenvalue weighted by atomic mass is 16.5. The van der Waals surface area contributed by atoms with Gasteiger partial charge in [0.25, 0.3) is 0 Å². The summed E-state index contributed by atoms with van der Waals surface area (Å²) in [6.07, 6.45) is 2.82. The summed E-state index contributed by atoms with van der Waals surface area (Å²) in [6.45, 7) is 0. The quantitative estimate of drug-likeness (QED) is 0.641. The molecule has 4 nitrogen and oxygen atoms in total. The Bertz CT molecular complexity index is 862. The molecule has 0 amide bonds. The second kappa shape index (κ2) is 4.24. The summed E-state index contributed by atoms with van der Waals surface area (Å²) in [5.74, 6) is -0.192. The van der Waals surface area contributed by atoms with Crippen molar-refractivity contribution in [2.75, 3.05) is 0 Å². The van der Waals surface area contributed by atoms with Crippen LogP contribution >= 0.6 is 0 Å². The number of ether oxygens (including phenoxy) is 1. The number of benzene rings is 2. The molecule has 2 aliphatic rings. The van der Waals surface area contributed by atoms with Crippen LogP contribution in [0.4, 0.5) is 5.69 Å². The number of carbonyl (C=O) groups is 2. The first-order valence-corrected chi connectivity index (χ1v) is 6.49. The van der Waals surface area contributed by atoms with E-state index in [1.165, 1.54) is 12.2 Å². The maximum absolute atomic E-state index is 12.4. The van der Waals surface area contributed by atoms with Crippen LogP contribution in [-0.2, 0) is 9.53 Å². The molecule has 0 N–H and O–H groups in total. The molecule has 0 saturated heterocycles. The van der Waals surface area contributed by atoms with E-state index in [4.69, 9.17) is 4.74 Å². The number of aliphatic imine (C=N–C) groups is 1. The van der Waals surface area contributed by atoms with Crippen molar-refractivity contribution in [2.45, 2.75) is 0 Å². The van der Waals surface area contributed by atoms with Crippen LogP contribution in [0.3, 0.4) is 0 Å². The Hall–Kier alpha value is -3.01. The summed E-state index contributed by atoms with van der Waals surface area (Å²) >= 11 is 0. The molecule has 0 fully saturated rings. The smallest absolute Gasteiger partial charge is 0.337 e. The Kier molecular flexibility index (Phi) is 2.38. The van der Waals surface area contributed by atoms with Gasteiger partial charge < -0.3 is 4.74 Å². The fourth-order valence-electron chi connectivity index (χ4n) is 2.58. The van der Waals surface area contributed by atoms with E-state index < -0.39 is 5.97 Å². The minimum absolute atomic E-state index is 0.00149. The molecular formula is C17H9NO3. The Morgan fingerprint density at radius 1 is 0.810 bits per heavy atom. The third-order valence-corrected chi connectivity index (χ3v) is 3.52. The molecule has 4 heteroatoms. The van der Waals surface area contributed by atoms with Gasteiger partial charge in [-0.2, -0.15) is 0 Å². The third-order valence-electron chi connectivity index (χ3n) is 3.52. The van der Waals surface area contributed by atoms with Crippen molar-refractivity contribution in [1.82, 2.24) is 0 Å². The molecule has 0 unspecified atom stereocenters. The number of rotatable bonds is 1. The zero-order valence-corrected chi connectivity index (χ0v) is 10.9. The van der Waals surface area contributed by atoms with Crippen molar-refractivity contribution in [3.63, 3.8) is 0 Å². The molecule has 2 aromatic rings. The standard InChI is InChI=1S/C17H9NO3/c19-16-8-7-15(21-16)18-10-5-6-12-11-3-1-2-4-13(11)17(20)14(12)9-10/h1-9H. The van der Waals surface area contributed by atoms with Gasteiger partial charge in [0.1, 0.15) is 0 Å². The maximum Gasteiger partial charge on any atom is 0.337 e. The van der Waals surface area contributed by atoms with Gasteiger partial charge in [-0.05, 0) is 23.3 Å². The number of hydrogen-bond acceptors (Lipinski definition) is 4. The summed E-state index contributed by atoms with van der Waals surface area (Å²) in [5.41, 5.74) is 3.79.